The summed E-state index contributed by atoms with van der Waals surface area (Å²) in [5.74, 6) is 0.172. The number of carbonyl (C=O) groups is 3. The van der Waals surface area contributed by atoms with Gasteiger partial charge in [0.05, 0.1) is 17.3 Å². The summed E-state index contributed by atoms with van der Waals surface area (Å²) in [5, 5.41) is 1.13. The van der Waals surface area contributed by atoms with Crippen LogP contribution in [0.25, 0.3) is 0 Å². The fraction of sp³-hybridized carbons (Fsp3) is 0.483. The van der Waals surface area contributed by atoms with Crippen LogP contribution in [-0.4, -0.2) is 22.7 Å². The second-order valence-electron chi connectivity index (χ2n) is 11.9. The summed E-state index contributed by atoms with van der Waals surface area (Å²) in [6.45, 7) is 0. The number of nitrogens with one attached hydrogen (secondary N) is 1. The topological polar surface area (TPSA) is 66.5 Å². The smallest absolute Gasteiger partial charge is 0.253 e. The van der Waals surface area contributed by atoms with Crippen molar-refractivity contribution in [2.75, 3.05) is 0 Å². The summed E-state index contributed by atoms with van der Waals surface area (Å²) in [5.41, 5.74) is 7.14. The summed E-state index contributed by atoms with van der Waals surface area (Å²) in [4.78, 5) is 41.3. The molecule has 8 aliphatic rings. The maximum Gasteiger partial charge on any atom is 0.253 e. The van der Waals surface area contributed by atoms with Gasteiger partial charge in [0, 0.05) is 11.8 Å². The first-order valence-corrected chi connectivity index (χ1v) is 12.9. The van der Waals surface area contributed by atoms with Crippen LogP contribution in [0.5, 0.6) is 0 Å². The van der Waals surface area contributed by atoms with Crippen molar-refractivity contribution < 1.29 is 14.4 Å². The van der Waals surface area contributed by atoms with Crippen LogP contribution in [-0.2, 0) is 14.4 Å². The molecule has 1 N–H and O–H groups in total. The molecule has 10 rings (SSSR count). The van der Waals surface area contributed by atoms with E-state index in [2.05, 4.69) is 29.7 Å². The predicted octanol–water partition coefficient (Wildman–Crippen LogP) is 4.13. The zero-order chi connectivity index (χ0) is 22.8. The van der Waals surface area contributed by atoms with Gasteiger partial charge in [-0.2, -0.15) is 5.01 Å². The fourth-order valence-electron chi connectivity index (χ4n) is 9.40. The molecule has 2 aromatic carbocycles. The molecule has 172 valence electrons. The number of hydrogen-bond acceptors (Lipinski definition) is 3. The zero-order valence-electron chi connectivity index (χ0n) is 19.1. The Morgan fingerprint density at radius 2 is 1.09 bits per heavy atom. The Morgan fingerprint density at radius 1 is 0.706 bits per heavy atom. The van der Waals surface area contributed by atoms with E-state index >= 15 is 0 Å². The molecule has 4 saturated carbocycles. The molecular formula is C29H28N2O3. The standard InChI is InChI=1S/C29H28N2O3/c32-26-24-22-18-5-1-2-6-19(18)23(21-8-4-3-7-20(21)22)25(24)27(33)31(26)30-28(34)29-12-15-9-16(13-29)11-17(10-15)14-29/h1-8,15-17,22-25H,9-14H2,(H,30,34)/t15?,16?,17?,22?,23?,24-,25+,29?. The minimum absolute atomic E-state index is 0.0886. The first kappa shape index (κ1) is 19.4. The molecule has 7 aliphatic carbocycles. The lowest BCUT2D eigenvalue weighted by molar-refractivity contribution is -0.160. The normalized spacial score (nSPS) is 40.2. The van der Waals surface area contributed by atoms with Crippen molar-refractivity contribution in [2.45, 2.75) is 50.4 Å². The van der Waals surface area contributed by atoms with Gasteiger partial charge in [0.15, 0.2) is 0 Å². The van der Waals surface area contributed by atoms with E-state index in [4.69, 9.17) is 0 Å². The third-order valence-corrected chi connectivity index (χ3v) is 10.2. The zero-order valence-corrected chi connectivity index (χ0v) is 19.1. The molecule has 2 aromatic rings. The van der Waals surface area contributed by atoms with Gasteiger partial charge in [-0.15, -0.1) is 0 Å². The summed E-state index contributed by atoms with van der Waals surface area (Å²) < 4.78 is 0. The molecule has 5 nitrogen and oxygen atoms in total. The van der Waals surface area contributed by atoms with Crippen molar-refractivity contribution in [3.63, 3.8) is 0 Å². The van der Waals surface area contributed by atoms with Crippen LogP contribution in [0.1, 0.15) is 72.6 Å². The van der Waals surface area contributed by atoms with Crippen LogP contribution in [0, 0.1) is 35.0 Å². The van der Waals surface area contributed by atoms with Gasteiger partial charge in [-0.3, -0.25) is 19.8 Å². The summed E-state index contributed by atoms with van der Waals surface area (Å²) in [7, 11) is 0. The molecule has 2 atom stereocenters. The number of imide groups is 1. The fourth-order valence-corrected chi connectivity index (χ4v) is 9.40. The maximum atomic E-state index is 13.8. The lowest BCUT2D eigenvalue weighted by atomic mass is 9.49. The lowest BCUT2D eigenvalue weighted by Crippen LogP contribution is -2.58. The van der Waals surface area contributed by atoms with E-state index in [-0.39, 0.29) is 29.6 Å². The molecule has 0 radical (unpaired) electrons. The number of nitrogens with zero attached hydrogens (tertiary/aromatic N) is 1. The molecule has 1 aliphatic heterocycles. The molecule has 1 saturated heterocycles. The summed E-state index contributed by atoms with van der Waals surface area (Å²) >= 11 is 0. The van der Waals surface area contributed by atoms with Gasteiger partial charge in [0.25, 0.3) is 11.8 Å². The Kier molecular flexibility index (Phi) is 3.63. The Hall–Kier alpha value is -2.95. The number of carbonyl (C=O) groups excluding carboxylic acids is 3. The minimum atomic E-state index is -0.445. The quantitative estimate of drug-likeness (QED) is 0.697. The Morgan fingerprint density at radius 3 is 1.47 bits per heavy atom. The minimum Gasteiger partial charge on any atom is -0.273 e. The first-order chi connectivity index (χ1) is 16.5. The highest BCUT2D eigenvalue weighted by atomic mass is 16.2. The Bertz CT molecular complexity index is 1130. The van der Waals surface area contributed by atoms with Crippen molar-refractivity contribution in [1.82, 2.24) is 10.4 Å². The van der Waals surface area contributed by atoms with Gasteiger partial charge in [-0.1, -0.05) is 48.5 Å². The van der Waals surface area contributed by atoms with Crippen LogP contribution in [0.3, 0.4) is 0 Å². The number of hydrogen-bond donors (Lipinski definition) is 1. The molecule has 0 unspecified atom stereocenters. The SMILES string of the molecule is O=C1[C@@H]2C3c4ccccc4C(c4ccccc43)[C@@H]2C(=O)N1NC(=O)C12CC3CC(CC(C3)C1)C2. The van der Waals surface area contributed by atoms with Crippen LogP contribution in [0.2, 0.25) is 0 Å². The molecule has 6 bridgehead atoms. The van der Waals surface area contributed by atoms with Crippen LogP contribution < -0.4 is 5.43 Å². The highest BCUT2D eigenvalue weighted by Crippen LogP contribution is 2.62. The predicted molar refractivity (Wildman–Crippen MR) is 124 cm³/mol. The summed E-state index contributed by atoms with van der Waals surface area (Å²) in [6, 6.07) is 16.5. The number of hydrazine groups is 1. The van der Waals surface area contributed by atoms with E-state index in [1.54, 1.807) is 0 Å². The Labute approximate surface area is 198 Å². The van der Waals surface area contributed by atoms with Gasteiger partial charge < -0.3 is 0 Å². The van der Waals surface area contributed by atoms with Gasteiger partial charge in [0.1, 0.15) is 0 Å². The van der Waals surface area contributed by atoms with Gasteiger partial charge in [-0.05, 0) is 78.5 Å². The maximum absolute atomic E-state index is 13.8. The van der Waals surface area contributed by atoms with Crippen molar-refractivity contribution in [3.8, 4) is 0 Å². The third-order valence-electron chi connectivity index (χ3n) is 10.2. The monoisotopic (exact) mass is 452 g/mol. The van der Waals surface area contributed by atoms with Crippen LogP contribution >= 0.6 is 0 Å². The van der Waals surface area contributed by atoms with E-state index in [1.807, 2.05) is 24.3 Å². The van der Waals surface area contributed by atoms with Crippen molar-refractivity contribution in [2.24, 2.45) is 35.0 Å². The number of rotatable bonds is 2. The molecule has 0 aromatic heterocycles. The highest BCUT2D eigenvalue weighted by molar-refractivity contribution is 6.08. The molecule has 3 amide bonds. The highest BCUT2D eigenvalue weighted by Gasteiger charge is 2.63. The van der Waals surface area contributed by atoms with Gasteiger partial charge in [0.2, 0.25) is 5.91 Å². The lowest BCUT2D eigenvalue weighted by Gasteiger charge is -2.55. The van der Waals surface area contributed by atoms with Gasteiger partial charge in [-0.25, -0.2) is 0 Å². The number of benzene rings is 2. The summed E-state index contributed by atoms with van der Waals surface area (Å²) in [6.07, 6.45) is 6.48. The largest absolute Gasteiger partial charge is 0.273 e. The Balaban J connectivity index is 1.16. The van der Waals surface area contributed by atoms with E-state index in [0.29, 0.717) is 17.8 Å². The molecule has 0 spiro atoms. The molecule has 1 heterocycles. The van der Waals surface area contributed by atoms with E-state index in [9.17, 15) is 14.4 Å². The van der Waals surface area contributed by atoms with E-state index in [0.717, 1.165) is 46.5 Å². The number of amides is 3. The van der Waals surface area contributed by atoms with E-state index in [1.165, 1.54) is 19.3 Å². The molecule has 5 fully saturated rings. The molecule has 34 heavy (non-hydrogen) atoms. The second kappa shape index (κ2) is 6.38. The molecule has 5 heteroatoms. The average molecular weight is 453 g/mol. The van der Waals surface area contributed by atoms with Crippen molar-refractivity contribution in [3.05, 3.63) is 70.8 Å². The second-order valence-corrected chi connectivity index (χ2v) is 11.9. The third kappa shape index (κ3) is 2.28. The average Bonchev–Trinajstić information content (AvgIpc) is 3.08. The van der Waals surface area contributed by atoms with Crippen molar-refractivity contribution >= 4 is 17.7 Å². The van der Waals surface area contributed by atoms with E-state index < -0.39 is 17.3 Å². The van der Waals surface area contributed by atoms with Crippen LogP contribution in [0.4, 0.5) is 0 Å². The van der Waals surface area contributed by atoms with Crippen LogP contribution in [0.15, 0.2) is 48.5 Å². The van der Waals surface area contributed by atoms with Gasteiger partial charge >= 0.3 is 0 Å². The molecular weight excluding hydrogens is 424 g/mol. The van der Waals surface area contributed by atoms with Crippen molar-refractivity contribution in [1.29, 1.82) is 0 Å². The first-order valence-electron chi connectivity index (χ1n) is 12.9.